The predicted octanol–water partition coefficient (Wildman–Crippen LogP) is 2.96. The van der Waals surface area contributed by atoms with Gasteiger partial charge in [-0.15, -0.1) is 0 Å². The molecule has 0 aliphatic carbocycles. The fraction of sp³-hybridized carbons (Fsp3) is 0.263. The van der Waals surface area contributed by atoms with E-state index in [9.17, 15) is 9.90 Å². The van der Waals surface area contributed by atoms with Gasteiger partial charge in [0.1, 0.15) is 0 Å². The molecule has 2 aromatic heterocycles. The number of ether oxygens (including phenoxy) is 1. The Labute approximate surface area is 160 Å². The number of furan rings is 1. The molecule has 3 aromatic rings. The molecule has 0 radical (unpaired) electrons. The summed E-state index contributed by atoms with van der Waals surface area (Å²) in [6, 6.07) is 6.99. The van der Waals surface area contributed by atoms with Crippen molar-refractivity contribution in [1.82, 2.24) is 14.9 Å². The number of hydrogen-bond acceptors (Lipinski definition) is 6. The molecule has 0 saturated carbocycles. The molecule has 4 rings (SSSR count). The summed E-state index contributed by atoms with van der Waals surface area (Å²) < 4.78 is 10.5. The number of aromatic nitrogens is 2. The minimum absolute atomic E-state index is 0.0665. The van der Waals surface area contributed by atoms with Crippen LogP contribution in [0, 0.1) is 0 Å². The molecule has 0 unspecified atom stereocenters. The van der Waals surface area contributed by atoms with Crippen molar-refractivity contribution in [2.45, 2.75) is 19.5 Å². The van der Waals surface area contributed by atoms with Crippen LogP contribution in [-0.4, -0.2) is 33.6 Å². The lowest BCUT2D eigenvalue weighted by Gasteiger charge is -2.27. The Morgan fingerprint density at radius 2 is 2.30 bits per heavy atom. The van der Waals surface area contributed by atoms with E-state index in [-0.39, 0.29) is 16.3 Å². The summed E-state index contributed by atoms with van der Waals surface area (Å²) in [5.41, 5.74) is 2.24. The zero-order valence-electron chi connectivity index (χ0n) is 14.7. The summed E-state index contributed by atoms with van der Waals surface area (Å²) in [6.07, 6.45) is 2.15. The van der Waals surface area contributed by atoms with Crippen molar-refractivity contribution in [2.75, 3.05) is 13.7 Å². The van der Waals surface area contributed by atoms with E-state index in [1.165, 1.54) is 7.11 Å². The SMILES string of the molecule is COc1cc(CN2CCc3c(nc(-c4ccco4)[nH]c3=O)C2)cc(Cl)c1O. The predicted molar refractivity (Wildman–Crippen MR) is 100 cm³/mol. The highest BCUT2D eigenvalue weighted by Gasteiger charge is 2.22. The van der Waals surface area contributed by atoms with E-state index in [1.54, 1.807) is 30.5 Å². The summed E-state index contributed by atoms with van der Waals surface area (Å²) in [5, 5.41) is 10.1. The molecule has 0 atom stereocenters. The number of fused-ring (bicyclic) bond motifs is 1. The number of nitrogens with one attached hydrogen (secondary N) is 1. The van der Waals surface area contributed by atoms with E-state index in [1.807, 2.05) is 0 Å². The summed E-state index contributed by atoms with van der Waals surface area (Å²) >= 11 is 6.08. The second-order valence-electron chi connectivity index (χ2n) is 6.41. The molecule has 0 saturated heterocycles. The summed E-state index contributed by atoms with van der Waals surface area (Å²) in [6.45, 7) is 1.85. The van der Waals surface area contributed by atoms with Gasteiger partial charge in [0.2, 0.25) is 0 Å². The van der Waals surface area contributed by atoms with Gasteiger partial charge in [0.15, 0.2) is 23.1 Å². The van der Waals surface area contributed by atoms with E-state index >= 15 is 0 Å². The van der Waals surface area contributed by atoms with Crippen LogP contribution in [0.3, 0.4) is 0 Å². The third-order valence-corrected chi connectivity index (χ3v) is 4.91. The number of H-pyrrole nitrogens is 1. The molecule has 0 amide bonds. The average molecular weight is 388 g/mol. The number of aromatic hydroxyl groups is 1. The van der Waals surface area contributed by atoms with Gasteiger partial charge in [-0.3, -0.25) is 9.69 Å². The van der Waals surface area contributed by atoms with Crippen molar-refractivity contribution >= 4 is 11.6 Å². The Hall–Kier alpha value is -2.77. The zero-order chi connectivity index (χ0) is 19.0. The van der Waals surface area contributed by atoms with Gasteiger partial charge in [-0.25, -0.2) is 4.98 Å². The number of benzene rings is 1. The maximum atomic E-state index is 12.4. The van der Waals surface area contributed by atoms with Crippen LogP contribution in [0.25, 0.3) is 11.6 Å². The lowest BCUT2D eigenvalue weighted by molar-refractivity contribution is 0.240. The number of methoxy groups -OCH3 is 1. The normalized spacial score (nSPS) is 14.1. The first-order valence-electron chi connectivity index (χ1n) is 8.49. The molecule has 0 bridgehead atoms. The monoisotopic (exact) mass is 387 g/mol. The van der Waals surface area contributed by atoms with Crippen molar-refractivity contribution in [3.63, 3.8) is 0 Å². The minimum atomic E-state index is -0.125. The van der Waals surface area contributed by atoms with Crippen LogP contribution in [0.15, 0.2) is 39.7 Å². The first-order valence-corrected chi connectivity index (χ1v) is 8.86. The lowest BCUT2D eigenvalue weighted by atomic mass is 10.1. The largest absolute Gasteiger partial charge is 0.503 e. The van der Waals surface area contributed by atoms with Crippen molar-refractivity contribution in [3.05, 3.63) is 62.7 Å². The average Bonchev–Trinajstić information content (AvgIpc) is 3.19. The van der Waals surface area contributed by atoms with Crippen molar-refractivity contribution < 1.29 is 14.3 Å². The van der Waals surface area contributed by atoms with Gasteiger partial charge in [0.25, 0.3) is 5.56 Å². The van der Waals surface area contributed by atoms with Crippen molar-refractivity contribution in [1.29, 1.82) is 0 Å². The van der Waals surface area contributed by atoms with E-state index in [2.05, 4.69) is 14.9 Å². The third kappa shape index (κ3) is 3.43. The van der Waals surface area contributed by atoms with Gasteiger partial charge in [0.05, 0.1) is 24.1 Å². The highest BCUT2D eigenvalue weighted by molar-refractivity contribution is 6.32. The third-order valence-electron chi connectivity index (χ3n) is 4.62. The molecule has 1 aliphatic rings. The van der Waals surface area contributed by atoms with Crippen LogP contribution in [0.2, 0.25) is 5.02 Å². The van der Waals surface area contributed by atoms with E-state index in [4.69, 9.17) is 20.8 Å². The smallest absolute Gasteiger partial charge is 0.254 e. The number of halogens is 1. The highest BCUT2D eigenvalue weighted by Crippen LogP contribution is 2.35. The molecule has 3 heterocycles. The molecule has 8 heteroatoms. The molecule has 7 nitrogen and oxygen atoms in total. The Kier molecular flexibility index (Phi) is 4.63. The molecular formula is C19H18ClN3O4. The molecule has 0 fully saturated rings. The standard InChI is InChI=1S/C19H18ClN3O4/c1-26-16-8-11(7-13(20)17(16)24)9-23-5-4-12-14(10-23)21-18(22-19(12)25)15-3-2-6-27-15/h2-3,6-8,24H,4-5,9-10H2,1H3,(H,21,22,25). The molecule has 1 aromatic carbocycles. The second-order valence-corrected chi connectivity index (χ2v) is 6.81. The van der Waals surface area contributed by atoms with Gasteiger partial charge in [-0.2, -0.15) is 0 Å². The summed E-state index contributed by atoms with van der Waals surface area (Å²) in [5.74, 6) is 1.23. The Balaban J connectivity index is 1.60. The summed E-state index contributed by atoms with van der Waals surface area (Å²) in [4.78, 5) is 21.9. The van der Waals surface area contributed by atoms with Crippen LogP contribution in [0.4, 0.5) is 0 Å². The first-order chi connectivity index (χ1) is 13.0. The van der Waals surface area contributed by atoms with Gasteiger partial charge in [0, 0.05) is 25.2 Å². The fourth-order valence-corrected chi connectivity index (χ4v) is 3.52. The lowest BCUT2D eigenvalue weighted by Crippen LogP contribution is -2.35. The topological polar surface area (TPSA) is 91.6 Å². The number of rotatable bonds is 4. The zero-order valence-corrected chi connectivity index (χ0v) is 15.4. The Bertz CT molecular complexity index is 1030. The maximum Gasteiger partial charge on any atom is 0.254 e. The Morgan fingerprint density at radius 1 is 1.44 bits per heavy atom. The van der Waals surface area contributed by atoms with Gasteiger partial charge in [-0.05, 0) is 36.2 Å². The van der Waals surface area contributed by atoms with Gasteiger partial charge in [-0.1, -0.05) is 11.6 Å². The second kappa shape index (κ2) is 7.09. The number of aromatic amines is 1. The van der Waals surface area contributed by atoms with Crippen molar-refractivity contribution in [3.8, 4) is 23.1 Å². The number of hydrogen-bond donors (Lipinski definition) is 2. The highest BCUT2D eigenvalue weighted by atomic mass is 35.5. The fourth-order valence-electron chi connectivity index (χ4n) is 3.29. The molecule has 140 valence electrons. The van der Waals surface area contributed by atoms with Gasteiger partial charge < -0.3 is 19.2 Å². The van der Waals surface area contributed by atoms with Crippen molar-refractivity contribution in [2.24, 2.45) is 0 Å². The van der Waals surface area contributed by atoms with E-state index in [0.717, 1.165) is 17.8 Å². The molecular weight excluding hydrogens is 370 g/mol. The Morgan fingerprint density at radius 3 is 3.04 bits per heavy atom. The molecule has 27 heavy (non-hydrogen) atoms. The molecule has 1 aliphatic heterocycles. The van der Waals surface area contributed by atoms with Gasteiger partial charge >= 0.3 is 0 Å². The number of phenolic OH excluding ortho intramolecular Hbond substituents is 1. The van der Waals surface area contributed by atoms with E-state index < -0.39 is 0 Å². The van der Waals surface area contributed by atoms with Crippen LogP contribution >= 0.6 is 11.6 Å². The molecule has 2 N–H and O–H groups in total. The minimum Gasteiger partial charge on any atom is -0.503 e. The van der Waals surface area contributed by atoms with Crippen LogP contribution in [0.5, 0.6) is 11.5 Å². The number of phenols is 1. The molecule has 0 spiro atoms. The van der Waals surface area contributed by atoms with Crippen LogP contribution < -0.4 is 10.3 Å². The maximum absolute atomic E-state index is 12.4. The quantitative estimate of drug-likeness (QED) is 0.715. The van der Waals surface area contributed by atoms with E-state index in [0.29, 0.717) is 42.4 Å². The van der Waals surface area contributed by atoms with Crippen LogP contribution in [0.1, 0.15) is 16.8 Å². The summed E-state index contributed by atoms with van der Waals surface area (Å²) in [7, 11) is 1.48. The van der Waals surface area contributed by atoms with Crippen LogP contribution in [-0.2, 0) is 19.5 Å². The number of nitrogens with zero attached hydrogens (tertiary/aromatic N) is 2. The first kappa shape index (κ1) is 17.6.